The number of hydrogen-bond acceptors (Lipinski definition) is 3. The number of ether oxygens (including phenoxy) is 1. The average molecular weight is 371 g/mol. The Hall–Kier alpha value is -2.40. The molecule has 5 heteroatoms. The minimum Gasteiger partial charge on any atom is -0.445 e. The number of likely N-dealkylation sites (tertiary alicyclic amines) is 1. The Kier molecular flexibility index (Phi) is 6.45. The van der Waals surface area contributed by atoms with Crippen LogP contribution in [0.5, 0.6) is 0 Å². The lowest BCUT2D eigenvalue weighted by molar-refractivity contribution is 0.0332. The number of amides is 1. The summed E-state index contributed by atoms with van der Waals surface area (Å²) in [5, 5.41) is 10.8. The minimum atomic E-state index is -0.938. The Morgan fingerprint density at radius 1 is 1.22 bits per heavy atom. The molecule has 0 aromatic heterocycles. The number of nitrogens with zero attached hydrogens (tertiary/aromatic N) is 1. The summed E-state index contributed by atoms with van der Waals surface area (Å²) in [6.45, 7) is 2.27. The molecule has 144 valence electrons. The van der Waals surface area contributed by atoms with Crippen molar-refractivity contribution in [2.24, 2.45) is 0 Å². The van der Waals surface area contributed by atoms with Gasteiger partial charge in [-0.1, -0.05) is 55.8 Å². The van der Waals surface area contributed by atoms with Gasteiger partial charge in [0.05, 0.1) is 12.1 Å². The van der Waals surface area contributed by atoms with Gasteiger partial charge >= 0.3 is 6.09 Å². The smallest absolute Gasteiger partial charge is 0.410 e. The molecule has 3 rings (SSSR count). The maximum absolute atomic E-state index is 13.6. The van der Waals surface area contributed by atoms with Crippen molar-refractivity contribution in [3.63, 3.8) is 0 Å². The van der Waals surface area contributed by atoms with Crippen molar-refractivity contribution in [3.8, 4) is 0 Å². The Morgan fingerprint density at radius 3 is 2.70 bits per heavy atom. The molecule has 2 unspecified atom stereocenters. The fourth-order valence-corrected chi connectivity index (χ4v) is 3.83. The molecule has 1 heterocycles. The fraction of sp³-hybridized carbons (Fsp3) is 0.409. The molecule has 0 bridgehead atoms. The van der Waals surface area contributed by atoms with Gasteiger partial charge in [0.25, 0.3) is 0 Å². The number of carbonyl (C=O) groups is 1. The summed E-state index contributed by atoms with van der Waals surface area (Å²) < 4.78 is 19.1. The third kappa shape index (κ3) is 4.66. The molecule has 1 aliphatic rings. The average Bonchev–Trinajstić information content (AvgIpc) is 3.10. The zero-order valence-corrected chi connectivity index (χ0v) is 15.6. The van der Waals surface area contributed by atoms with Crippen molar-refractivity contribution in [3.05, 3.63) is 71.5 Å². The Labute approximate surface area is 159 Å². The molecule has 1 aliphatic heterocycles. The molecule has 0 aliphatic carbocycles. The highest BCUT2D eigenvalue weighted by Gasteiger charge is 2.41. The number of carbonyl (C=O) groups excluding carboxylic acids is 1. The third-order valence-corrected chi connectivity index (χ3v) is 5.14. The molecule has 1 amide bonds. The molecule has 2 aromatic rings. The van der Waals surface area contributed by atoms with Crippen LogP contribution >= 0.6 is 0 Å². The minimum absolute atomic E-state index is 0.0338. The third-order valence-electron chi connectivity index (χ3n) is 5.14. The largest absolute Gasteiger partial charge is 0.445 e. The van der Waals surface area contributed by atoms with Crippen LogP contribution in [0.4, 0.5) is 9.18 Å². The van der Waals surface area contributed by atoms with E-state index in [2.05, 4.69) is 6.92 Å². The molecule has 0 spiro atoms. The second-order valence-electron chi connectivity index (χ2n) is 7.03. The van der Waals surface area contributed by atoms with Crippen LogP contribution in [0.15, 0.2) is 54.6 Å². The topological polar surface area (TPSA) is 49.8 Å². The molecule has 3 atom stereocenters. The predicted octanol–water partition coefficient (Wildman–Crippen LogP) is 4.83. The lowest BCUT2D eigenvalue weighted by Crippen LogP contribution is -2.44. The first-order valence-corrected chi connectivity index (χ1v) is 9.52. The van der Waals surface area contributed by atoms with Crippen LogP contribution < -0.4 is 0 Å². The number of aliphatic hydroxyl groups excluding tert-OH is 1. The van der Waals surface area contributed by atoms with Crippen LogP contribution in [0, 0.1) is 5.82 Å². The van der Waals surface area contributed by atoms with Crippen molar-refractivity contribution < 1.29 is 19.0 Å². The van der Waals surface area contributed by atoms with E-state index in [9.17, 15) is 14.3 Å². The van der Waals surface area contributed by atoms with Crippen molar-refractivity contribution in [1.29, 1.82) is 0 Å². The number of benzene rings is 2. The highest BCUT2D eigenvalue weighted by molar-refractivity contribution is 5.69. The molecule has 4 nitrogen and oxygen atoms in total. The van der Waals surface area contributed by atoms with Gasteiger partial charge < -0.3 is 9.84 Å². The van der Waals surface area contributed by atoms with Gasteiger partial charge in [0, 0.05) is 6.04 Å². The zero-order valence-electron chi connectivity index (χ0n) is 15.6. The highest BCUT2D eigenvalue weighted by Crippen LogP contribution is 2.35. The van der Waals surface area contributed by atoms with Crippen molar-refractivity contribution in [1.82, 2.24) is 4.90 Å². The van der Waals surface area contributed by atoms with Crippen LogP contribution in [0.2, 0.25) is 0 Å². The second-order valence-corrected chi connectivity index (χ2v) is 7.03. The van der Waals surface area contributed by atoms with Gasteiger partial charge in [-0.3, -0.25) is 4.90 Å². The van der Waals surface area contributed by atoms with Gasteiger partial charge in [-0.2, -0.15) is 0 Å². The van der Waals surface area contributed by atoms with E-state index in [0.29, 0.717) is 12.0 Å². The molecule has 0 saturated carbocycles. The van der Waals surface area contributed by atoms with Gasteiger partial charge in [0.1, 0.15) is 12.4 Å². The number of hydrogen-bond donors (Lipinski definition) is 1. The van der Waals surface area contributed by atoms with Gasteiger partial charge in [-0.15, -0.1) is 0 Å². The summed E-state index contributed by atoms with van der Waals surface area (Å²) in [6.07, 6.45) is 1.92. The van der Waals surface area contributed by atoms with Crippen molar-refractivity contribution in [2.45, 2.75) is 57.4 Å². The fourth-order valence-electron chi connectivity index (χ4n) is 3.83. The Balaban J connectivity index is 1.75. The first-order valence-electron chi connectivity index (χ1n) is 9.52. The van der Waals surface area contributed by atoms with E-state index in [0.717, 1.165) is 24.8 Å². The van der Waals surface area contributed by atoms with E-state index < -0.39 is 24.1 Å². The van der Waals surface area contributed by atoms with E-state index in [1.165, 1.54) is 12.1 Å². The van der Waals surface area contributed by atoms with Crippen LogP contribution in [0.1, 0.15) is 49.8 Å². The highest BCUT2D eigenvalue weighted by atomic mass is 19.1. The van der Waals surface area contributed by atoms with Gasteiger partial charge in [-0.05, 0) is 42.5 Å². The van der Waals surface area contributed by atoms with Crippen LogP contribution in [0.25, 0.3) is 0 Å². The molecule has 1 saturated heterocycles. The van der Waals surface area contributed by atoms with E-state index in [1.54, 1.807) is 17.0 Å². The molecule has 1 fully saturated rings. The van der Waals surface area contributed by atoms with Gasteiger partial charge in [0.2, 0.25) is 0 Å². The van der Waals surface area contributed by atoms with Gasteiger partial charge in [-0.25, -0.2) is 9.18 Å². The summed E-state index contributed by atoms with van der Waals surface area (Å²) in [4.78, 5) is 14.5. The molecule has 1 N–H and O–H groups in total. The van der Waals surface area contributed by atoms with Crippen molar-refractivity contribution >= 4 is 6.09 Å². The van der Waals surface area contributed by atoms with E-state index in [4.69, 9.17) is 4.74 Å². The first-order chi connectivity index (χ1) is 13.1. The maximum Gasteiger partial charge on any atom is 0.410 e. The first kappa shape index (κ1) is 19.4. The zero-order chi connectivity index (χ0) is 19.2. The maximum atomic E-state index is 13.6. The van der Waals surface area contributed by atoms with E-state index >= 15 is 0 Å². The van der Waals surface area contributed by atoms with E-state index in [1.807, 2.05) is 30.3 Å². The normalized spacial score (nSPS) is 20.5. The number of rotatable bonds is 6. The van der Waals surface area contributed by atoms with Crippen LogP contribution in [0.3, 0.4) is 0 Å². The van der Waals surface area contributed by atoms with Crippen LogP contribution in [-0.2, 0) is 11.3 Å². The Morgan fingerprint density at radius 2 is 2.00 bits per heavy atom. The standard InChI is InChI=1S/C22H26FNO3/c1-2-7-19-12-13-20(21(25)17-10-6-11-18(23)14-17)24(19)22(26)27-15-16-8-4-3-5-9-16/h3-6,8-11,14,19-21,25H,2,7,12-13,15H2,1H3/t19?,20?,21-/m0/s1. The molecule has 2 aromatic carbocycles. The molecular formula is C22H26FNO3. The molecule has 27 heavy (non-hydrogen) atoms. The summed E-state index contributed by atoms with van der Waals surface area (Å²) in [5.74, 6) is -0.396. The van der Waals surface area contributed by atoms with Gasteiger partial charge in [0.15, 0.2) is 0 Å². The summed E-state index contributed by atoms with van der Waals surface area (Å²) in [6, 6.07) is 15.1. The molecule has 0 radical (unpaired) electrons. The van der Waals surface area contributed by atoms with Crippen LogP contribution in [-0.4, -0.2) is 28.2 Å². The summed E-state index contributed by atoms with van der Waals surface area (Å²) >= 11 is 0. The quantitative estimate of drug-likeness (QED) is 0.791. The number of aliphatic hydroxyl groups is 1. The lowest BCUT2D eigenvalue weighted by Gasteiger charge is -2.32. The number of halogens is 1. The van der Waals surface area contributed by atoms with Crippen molar-refractivity contribution in [2.75, 3.05) is 0 Å². The monoisotopic (exact) mass is 371 g/mol. The second kappa shape index (κ2) is 9.00. The molecular weight excluding hydrogens is 345 g/mol. The van der Waals surface area contributed by atoms with E-state index in [-0.39, 0.29) is 12.6 Å². The summed E-state index contributed by atoms with van der Waals surface area (Å²) in [5.41, 5.74) is 1.40. The predicted molar refractivity (Wildman–Crippen MR) is 102 cm³/mol. The SMILES string of the molecule is CCCC1CCC([C@@H](O)c2cccc(F)c2)N1C(=O)OCc1ccccc1. The Bertz CT molecular complexity index is 752. The summed E-state index contributed by atoms with van der Waals surface area (Å²) in [7, 11) is 0. The lowest BCUT2D eigenvalue weighted by atomic mass is 10.0.